The molecule has 0 saturated heterocycles. The van der Waals surface area contributed by atoms with Crippen molar-refractivity contribution in [2.45, 2.75) is 13.5 Å². The summed E-state index contributed by atoms with van der Waals surface area (Å²) in [6.07, 6.45) is 0. The van der Waals surface area contributed by atoms with Crippen molar-refractivity contribution >= 4 is 5.96 Å². The Bertz CT molecular complexity index is 732. The second-order valence-corrected chi connectivity index (χ2v) is 6.01. The number of guanidine groups is 1. The van der Waals surface area contributed by atoms with Crippen molar-refractivity contribution in [3.63, 3.8) is 0 Å². The van der Waals surface area contributed by atoms with Crippen LogP contribution in [0.2, 0.25) is 0 Å². The van der Waals surface area contributed by atoms with Crippen LogP contribution in [0, 0.1) is 12.7 Å². The second kappa shape index (κ2) is 10.5. The first-order valence-corrected chi connectivity index (χ1v) is 8.73. The Kier molecular flexibility index (Phi) is 8.00. The number of methoxy groups -OCH3 is 1. The third kappa shape index (κ3) is 6.52. The molecule has 148 valence electrons. The molecule has 1 aromatic heterocycles. The van der Waals surface area contributed by atoms with Crippen molar-refractivity contribution in [3.05, 3.63) is 41.7 Å². The van der Waals surface area contributed by atoms with Gasteiger partial charge in [0.2, 0.25) is 0 Å². The number of hydrogen-bond acceptors (Lipinski definition) is 5. The average molecular weight is 378 g/mol. The van der Waals surface area contributed by atoms with Gasteiger partial charge in [0.05, 0.1) is 13.2 Å². The molecule has 0 aliphatic heterocycles. The van der Waals surface area contributed by atoms with Crippen molar-refractivity contribution in [3.8, 4) is 5.75 Å². The van der Waals surface area contributed by atoms with Gasteiger partial charge in [-0.25, -0.2) is 9.38 Å². The Morgan fingerprint density at radius 3 is 2.63 bits per heavy atom. The van der Waals surface area contributed by atoms with Crippen LogP contribution in [-0.4, -0.2) is 66.1 Å². The largest absolute Gasteiger partial charge is 0.492 e. The summed E-state index contributed by atoms with van der Waals surface area (Å²) in [4.78, 5) is 6.59. The molecule has 0 radical (unpaired) electrons. The molecule has 0 bridgehead atoms. The molecule has 0 amide bonds. The first kappa shape index (κ1) is 20.6. The number of nitrogens with one attached hydrogen (secondary N) is 1. The van der Waals surface area contributed by atoms with E-state index in [1.807, 2.05) is 30.5 Å². The number of aromatic nitrogens is 3. The highest BCUT2D eigenvalue weighted by molar-refractivity contribution is 5.79. The molecular formula is C18H27FN6O2. The number of aryl methyl sites for hydroxylation is 1. The van der Waals surface area contributed by atoms with Crippen LogP contribution in [0.25, 0.3) is 0 Å². The third-order valence-corrected chi connectivity index (χ3v) is 4.01. The van der Waals surface area contributed by atoms with E-state index in [0.29, 0.717) is 38.6 Å². The lowest BCUT2D eigenvalue weighted by Gasteiger charge is -2.22. The van der Waals surface area contributed by atoms with Crippen LogP contribution >= 0.6 is 0 Å². The Labute approximate surface area is 159 Å². The number of hydrogen-bond donors (Lipinski definition) is 1. The molecule has 0 aliphatic carbocycles. The van der Waals surface area contributed by atoms with Gasteiger partial charge in [0.1, 0.15) is 30.5 Å². The molecule has 2 aromatic rings. The molecule has 2 rings (SSSR count). The van der Waals surface area contributed by atoms with E-state index in [-0.39, 0.29) is 5.82 Å². The van der Waals surface area contributed by atoms with Crippen LogP contribution < -0.4 is 10.1 Å². The van der Waals surface area contributed by atoms with E-state index >= 15 is 0 Å². The zero-order valence-corrected chi connectivity index (χ0v) is 16.3. The maximum atomic E-state index is 12.9. The lowest BCUT2D eigenvalue weighted by atomic mass is 10.3. The highest BCUT2D eigenvalue weighted by Gasteiger charge is 2.09. The van der Waals surface area contributed by atoms with Gasteiger partial charge in [0.25, 0.3) is 0 Å². The van der Waals surface area contributed by atoms with E-state index in [1.165, 1.54) is 12.1 Å². The van der Waals surface area contributed by atoms with Crippen molar-refractivity contribution < 1.29 is 13.9 Å². The fraction of sp³-hybridized carbons (Fsp3) is 0.500. The molecule has 27 heavy (non-hydrogen) atoms. The van der Waals surface area contributed by atoms with Crippen LogP contribution in [-0.2, 0) is 18.3 Å². The minimum Gasteiger partial charge on any atom is -0.492 e. The van der Waals surface area contributed by atoms with Gasteiger partial charge in [0.15, 0.2) is 11.8 Å². The van der Waals surface area contributed by atoms with E-state index in [0.717, 1.165) is 17.6 Å². The Morgan fingerprint density at radius 2 is 2.00 bits per heavy atom. The summed E-state index contributed by atoms with van der Waals surface area (Å²) in [5.41, 5.74) is 0. The van der Waals surface area contributed by atoms with Gasteiger partial charge < -0.3 is 24.3 Å². The first-order chi connectivity index (χ1) is 13.0. The SMILES string of the molecule is COCCNC(=NCc1nnc(C)n1C)N(C)CCOc1ccc(F)cc1. The first-order valence-electron chi connectivity index (χ1n) is 8.73. The molecule has 0 atom stereocenters. The molecule has 0 saturated carbocycles. The maximum absolute atomic E-state index is 12.9. The molecule has 1 aromatic carbocycles. The highest BCUT2D eigenvalue weighted by Crippen LogP contribution is 2.10. The van der Waals surface area contributed by atoms with Gasteiger partial charge in [-0.05, 0) is 31.2 Å². The van der Waals surface area contributed by atoms with E-state index in [2.05, 4.69) is 20.5 Å². The Balaban J connectivity index is 1.93. The van der Waals surface area contributed by atoms with Crippen LogP contribution in [0.3, 0.4) is 0 Å². The van der Waals surface area contributed by atoms with E-state index in [4.69, 9.17) is 9.47 Å². The molecule has 0 fully saturated rings. The number of benzene rings is 1. The molecule has 9 heteroatoms. The van der Waals surface area contributed by atoms with Gasteiger partial charge in [-0.3, -0.25) is 0 Å². The number of halogens is 1. The minimum atomic E-state index is -0.282. The summed E-state index contributed by atoms with van der Waals surface area (Å²) < 4.78 is 25.6. The normalized spacial score (nSPS) is 11.5. The second-order valence-electron chi connectivity index (χ2n) is 6.01. The summed E-state index contributed by atoms with van der Waals surface area (Å²) in [5.74, 6) is 2.69. The fourth-order valence-electron chi connectivity index (χ4n) is 2.25. The predicted molar refractivity (Wildman–Crippen MR) is 101 cm³/mol. The summed E-state index contributed by atoms with van der Waals surface area (Å²) in [6.45, 7) is 4.56. The van der Waals surface area contributed by atoms with E-state index in [9.17, 15) is 4.39 Å². The van der Waals surface area contributed by atoms with Crippen molar-refractivity contribution in [2.75, 3.05) is 40.5 Å². The molecule has 1 heterocycles. The zero-order chi connectivity index (χ0) is 19.6. The van der Waals surface area contributed by atoms with Gasteiger partial charge in [-0.1, -0.05) is 0 Å². The van der Waals surface area contributed by atoms with Crippen molar-refractivity contribution in [1.29, 1.82) is 0 Å². The number of nitrogens with zero attached hydrogens (tertiary/aromatic N) is 5. The van der Waals surface area contributed by atoms with Crippen LogP contribution in [0.4, 0.5) is 4.39 Å². The fourth-order valence-corrected chi connectivity index (χ4v) is 2.25. The predicted octanol–water partition coefficient (Wildman–Crippen LogP) is 1.37. The summed E-state index contributed by atoms with van der Waals surface area (Å²) >= 11 is 0. The lowest BCUT2D eigenvalue weighted by Crippen LogP contribution is -2.42. The summed E-state index contributed by atoms with van der Waals surface area (Å²) in [6, 6.07) is 5.97. The quantitative estimate of drug-likeness (QED) is 0.403. The highest BCUT2D eigenvalue weighted by atomic mass is 19.1. The van der Waals surface area contributed by atoms with Crippen molar-refractivity contribution in [2.24, 2.45) is 12.0 Å². The van der Waals surface area contributed by atoms with Crippen LogP contribution in [0.5, 0.6) is 5.75 Å². The van der Waals surface area contributed by atoms with Crippen LogP contribution in [0.15, 0.2) is 29.3 Å². The standard InChI is InChI=1S/C18H27FN6O2/c1-14-22-23-17(25(14)3)13-21-18(20-9-11-26-4)24(2)10-12-27-16-7-5-15(19)6-8-16/h5-8H,9-13H2,1-4H3,(H,20,21). The molecule has 0 spiro atoms. The van der Waals surface area contributed by atoms with E-state index in [1.54, 1.807) is 19.2 Å². The van der Waals surface area contributed by atoms with Crippen molar-refractivity contribution in [1.82, 2.24) is 25.0 Å². The smallest absolute Gasteiger partial charge is 0.194 e. The topological polar surface area (TPSA) is 76.8 Å². The third-order valence-electron chi connectivity index (χ3n) is 4.01. The summed E-state index contributed by atoms with van der Waals surface area (Å²) in [7, 11) is 5.49. The molecule has 0 aliphatic rings. The monoisotopic (exact) mass is 378 g/mol. The summed E-state index contributed by atoms with van der Waals surface area (Å²) in [5, 5.41) is 11.4. The molecule has 0 unspecified atom stereocenters. The Hall–Kier alpha value is -2.68. The molecule has 8 nitrogen and oxygen atoms in total. The zero-order valence-electron chi connectivity index (χ0n) is 16.3. The van der Waals surface area contributed by atoms with Gasteiger partial charge in [-0.15, -0.1) is 10.2 Å². The molecule has 1 N–H and O–H groups in total. The number of aliphatic imine (C=N–C) groups is 1. The number of ether oxygens (including phenoxy) is 2. The lowest BCUT2D eigenvalue weighted by molar-refractivity contribution is 0.202. The van der Waals surface area contributed by atoms with Gasteiger partial charge in [-0.2, -0.15) is 0 Å². The van der Waals surface area contributed by atoms with E-state index < -0.39 is 0 Å². The van der Waals surface area contributed by atoms with Gasteiger partial charge >= 0.3 is 0 Å². The minimum absolute atomic E-state index is 0.282. The number of rotatable bonds is 9. The Morgan fingerprint density at radius 1 is 1.26 bits per heavy atom. The maximum Gasteiger partial charge on any atom is 0.194 e. The number of likely N-dealkylation sites (N-methyl/N-ethyl adjacent to an activating group) is 1. The average Bonchev–Trinajstić information content (AvgIpc) is 2.98. The van der Waals surface area contributed by atoms with Gasteiger partial charge in [0, 0.05) is 27.7 Å². The van der Waals surface area contributed by atoms with Crippen LogP contribution in [0.1, 0.15) is 11.6 Å². The molecular weight excluding hydrogens is 351 g/mol.